The molecule has 72 valence electrons. The molecule has 1 rings (SSSR count). The summed E-state index contributed by atoms with van der Waals surface area (Å²) in [6.45, 7) is 10.4. The molecule has 0 atom stereocenters. The van der Waals surface area contributed by atoms with Crippen molar-refractivity contribution in [3.63, 3.8) is 0 Å². The van der Waals surface area contributed by atoms with Gasteiger partial charge in [0.25, 0.3) is 0 Å². The third kappa shape index (κ3) is 1.67. The predicted octanol–water partition coefficient (Wildman–Crippen LogP) is 2.67. The molecule has 2 heteroatoms. The van der Waals surface area contributed by atoms with Crippen LogP contribution in [0.15, 0.2) is 6.07 Å². The summed E-state index contributed by atoms with van der Waals surface area (Å²) in [5, 5.41) is 0. The summed E-state index contributed by atoms with van der Waals surface area (Å²) < 4.78 is 2.19. The van der Waals surface area contributed by atoms with Crippen LogP contribution in [0.5, 0.6) is 0 Å². The molecule has 0 aliphatic carbocycles. The number of carbonyl (C=O) groups is 1. The first kappa shape index (κ1) is 10.0. The number of carbonyl (C=O) groups excluding carboxylic acids is 1. The van der Waals surface area contributed by atoms with Crippen LogP contribution in [0.4, 0.5) is 0 Å². The Hall–Kier alpha value is -1.05. The third-order valence-electron chi connectivity index (χ3n) is 2.27. The number of aryl methyl sites for hydroxylation is 1. The van der Waals surface area contributed by atoms with Gasteiger partial charge in [-0.05, 0) is 40.7 Å². The summed E-state index contributed by atoms with van der Waals surface area (Å²) in [4.78, 5) is 10.7. The minimum absolute atomic E-state index is 0.0510. The summed E-state index contributed by atoms with van der Waals surface area (Å²) in [5.74, 6) is 0. The van der Waals surface area contributed by atoms with Gasteiger partial charge in [-0.15, -0.1) is 0 Å². The van der Waals surface area contributed by atoms with E-state index in [1.807, 2.05) is 19.9 Å². The fourth-order valence-electron chi connectivity index (χ4n) is 1.94. The van der Waals surface area contributed by atoms with Gasteiger partial charge in [-0.25, -0.2) is 0 Å². The van der Waals surface area contributed by atoms with Gasteiger partial charge in [0.2, 0.25) is 0 Å². The molecule has 0 spiro atoms. The summed E-state index contributed by atoms with van der Waals surface area (Å²) >= 11 is 0. The molecule has 0 aliphatic rings. The normalized spacial score (nSPS) is 11.8. The fourth-order valence-corrected chi connectivity index (χ4v) is 1.94. The molecule has 0 aliphatic heterocycles. The fraction of sp³-hybridized carbons (Fsp3) is 0.545. The molecule has 0 unspecified atom stereocenters. The molecule has 0 saturated heterocycles. The Kier molecular flexibility index (Phi) is 2.33. The smallest absolute Gasteiger partial charge is 0.151 e. The molecule has 13 heavy (non-hydrogen) atoms. The van der Waals surface area contributed by atoms with E-state index in [0.29, 0.717) is 0 Å². The molecule has 0 saturated carbocycles. The van der Waals surface area contributed by atoms with Crippen molar-refractivity contribution in [3.8, 4) is 0 Å². The monoisotopic (exact) mass is 179 g/mol. The summed E-state index contributed by atoms with van der Waals surface area (Å²) in [6, 6.07) is 1.94. The van der Waals surface area contributed by atoms with Crippen molar-refractivity contribution >= 4 is 6.29 Å². The van der Waals surface area contributed by atoms with Crippen LogP contribution in [0, 0.1) is 13.8 Å². The molecule has 0 bridgehead atoms. The van der Waals surface area contributed by atoms with Gasteiger partial charge < -0.3 is 4.57 Å². The Labute approximate surface area is 79.6 Å². The molecule has 0 amide bonds. The maximum absolute atomic E-state index is 10.7. The molecular weight excluding hydrogens is 162 g/mol. The summed E-state index contributed by atoms with van der Waals surface area (Å²) in [6.07, 6.45) is 0.921. The highest BCUT2D eigenvalue weighted by Crippen LogP contribution is 2.23. The molecule has 0 radical (unpaired) electrons. The van der Waals surface area contributed by atoms with Crippen molar-refractivity contribution in [3.05, 3.63) is 23.0 Å². The molecular formula is C11H17NO. The second-order valence-electron chi connectivity index (χ2n) is 4.45. The van der Waals surface area contributed by atoms with E-state index < -0.39 is 0 Å². The van der Waals surface area contributed by atoms with E-state index in [1.54, 1.807) is 0 Å². The largest absolute Gasteiger partial charge is 0.343 e. The zero-order valence-corrected chi connectivity index (χ0v) is 9.01. The first-order chi connectivity index (χ1) is 5.88. The van der Waals surface area contributed by atoms with E-state index in [4.69, 9.17) is 0 Å². The van der Waals surface area contributed by atoms with Gasteiger partial charge in [0.1, 0.15) is 0 Å². The van der Waals surface area contributed by atoms with Crippen molar-refractivity contribution in [2.75, 3.05) is 0 Å². The quantitative estimate of drug-likeness (QED) is 0.607. The van der Waals surface area contributed by atoms with E-state index in [-0.39, 0.29) is 5.54 Å². The average molecular weight is 179 g/mol. The average Bonchev–Trinajstić information content (AvgIpc) is 2.24. The van der Waals surface area contributed by atoms with Gasteiger partial charge in [0, 0.05) is 22.5 Å². The van der Waals surface area contributed by atoms with E-state index in [1.165, 1.54) is 0 Å². The second-order valence-corrected chi connectivity index (χ2v) is 4.45. The van der Waals surface area contributed by atoms with Gasteiger partial charge in [0.15, 0.2) is 6.29 Å². The van der Waals surface area contributed by atoms with Crippen LogP contribution in [-0.2, 0) is 5.54 Å². The van der Waals surface area contributed by atoms with Crippen molar-refractivity contribution < 1.29 is 4.79 Å². The minimum Gasteiger partial charge on any atom is -0.343 e. The number of nitrogens with zero attached hydrogens (tertiary/aromatic N) is 1. The van der Waals surface area contributed by atoms with Crippen LogP contribution < -0.4 is 0 Å². The minimum atomic E-state index is 0.0510. The summed E-state index contributed by atoms with van der Waals surface area (Å²) in [5.41, 5.74) is 3.05. The molecule has 1 aromatic rings. The van der Waals surface area contributed by atoms with Gasteiger partial charge in [-0.1, -0.05) is 0 Å². The predicted molar refractivity (Wildman–Crippen MR) is 54.3 cm³/mol. The highest BCUT2D eigenvalue weighted by molar-refractivity contribution is 5.77. The number of rotatable bonds is 1. The number of aldehydes is 1. The zero-order chi connectivity index (χ0) is 10.2. The van der Waals surface area contributed by atoms with E-state index >= 15 is 0 Å². The van der Waals surface area contributed by atoms with Crippen molar-refractivity contribution in [2.24, 2.45) is 0 Å². The zero-order valence-electron chi connectivity index (χ0n) is 9.01. The lowest BCUT2D eigenvalue weighted by Crippen LogP contribution is -2.24. The Balaban J connectivity index is 3.37. The van der Waals surface area contributed by atoms with E-state index in [2.05, 4.69) is 25.3 Å². The SMILES string of the molecule is Cc1cc(C=O)c(C)n1C(C)(C)C. The van der Waals surface area contributed by atoms with Gasteiger partial charge >= 0.3 is 0 Å². The molecule has 0 aromatic carbocycles. The van der Waals surface area contributed by atoms with Gasteiger partial charge in [0.05, 0.1) is 0 Å². The number of aromatic nitrogens is 1. The van der Waals surface area contributed by atoms with Crippen LogP contribution in [0.25, 0.3) is 0 Å². The lowest BCUT2D eigenvalue weighted by atomic mass is 10.1. The lowest BCUT2D eigenvalue weighted by Gasteiger charge is -2.25. The van der Waals surface area contributed by atoms with E-state index in [0.717, 1.165) is 23.2 Å². The van der Waals surface area contributed by atoms with Gasteiger partial charge in [-0.2, -0.15) is 0 Å². The highest BCUT2D eigenvalue weighted by Gasteiger charge is 2.18. The van der Waals surface area contributed by atoms with Crippen molar-refractivity contribution in [1.82, 2.24) is 4.57 Å². The van der Waals surface area contributed by atoms with E-state index in [9.17, 15) is 4.79 Å². The molecule has 0 fully saturated rings. The van der Waals surface area contributed by atoms with Crippen LogP contribution in [-0.4, -0.2) is 10.9 Å². The molecule has 1 aromatic heterocycles. The van der Waals surface area contributed by atoms with Crippen molar-refractivity contribution in [2.45, 2.75) is 40.2 Å². The highest BCUT2D eigenvalue weighted by atomic mass is 16.1. The molecule has 2 nitrogen and oxygen atoms in total. The lowest BCUT2D eigenvalue weighted by molar-refractivity contribution is 0.112. The van der Waals surface area contributed by atoms with Crippen LogP contribution in [0.1, 0.15) is 42.5 Å². The number of hydrogen-bond donors (Lipinski definition) is 0. The van der Waals surface area contributed by atoms with Gasteiger partial charge in [-0.3, -0.25) is 4.79 Å². The van der Waals surface area contributed by atoms with Crippen molar-refractivity contribution in [1.29, 1.82) is 0 Å². The van der Waals surface area contributed by atoms with Crippen LogP contribution in [0.3, 0.4) is 0 Å². The Morgan fingerprint density at radius 2 is 1.85 bits per heavy atom. The first-order valence-corrected chi connectivity index (χ1v) is 4.52. The molecule has 1 heterocycles. The third-order valence-corrected chi connectivity index (χ3v) is 2.27. The van der Waals surface area contributed by atoms with Crippen LogP contribution >= 0.6 is 0 Å². The standard InChI is InChI=1S/C11H17NO/c1-8-6-10(7-13)9(2)12(8)11(3,4)5/h6-7H,1-5H3. The Bertz CT molecular complexity index is 329. The summed E-state index contributed by atoms with van der Waals surface area (Å²) in [7, 11) is 0. The maximum atomic E-state index is 10.7. The van der Waals surface area contributed by atoms with Crippen LogP contribution in [0.2, 0.25) is 0 Å². The molecule has 0 N–H and O–H groups in total. The topological polar surface area (TPSA) is 22.0 Å². The first-order valence-electron chi connectivity index (χ1n) is 4.52. The number of hydrogen-bond acceptors (Lipinski definition) is 1. The Morgan fingerprint density at radius 3 is 2.08 bits per heavy atom. The second kappa shape index (κ2) is 3.02. The maximum Gasteiger partial charge on any atom is 0.151 e. The Morgan fingerprint density at radius 1 is 1.31 bits per heavy atom.